The zero-order chi connectivity index (χ0) is 16.1. The van der Waals surface area contributed by atoms with E-state index in [0.29, 0.717) is 0 Å². The normalized spacial score (nSPS) is 10.9. The van der Waals surface area contributed by atoms with Crippen molar-refractivity contribution < 1.29 is 4.74 Å². The number of methoxy groups -OCH3 is 1. The first-order valence-electron chi connectivity index (χ1n) is 8.47. The zero-order valence-corrected chi connectivity index (χ0v) is 14.0. The van der Waals surface area contributed by atoms with Gasteiger partial charge in [-0.1, -0.05) is 62.2 Å². The monoisotopic (exact) mass is 304 g/mol. The van der Waals surface area contributed by atoms with Crippen LogP contribution in [0.5, 0.6) is 5.75 Å². The lowest BCUT2D eigenvalue weighted by Gasteiger charge is -2.07. The smallest absolute Gasteiger partial charge is 0.119 e. The van der Waals surface area contributed by atoms with E-state index in [2.05, 4.69) is 61.5 Å². The van der Waals surface area contributed by atoms with Crippen molar-refractivity contribution in [3.63, 3.8) is 0 Å². The molecule has 0 fully saturated rings. The van der Waals surface area contributed by atoms with Gasteiger partial charge in [0.2, 0.25) is 0 Å². The standard InChI is InChI=1S/C22H24O/c1-3-4-5-6-17-7-9-18(10-8-17)20-12-11-19-13-14-22(23-2)16-21(19)15-20/h7-16H,3-6H2,1-2H3. The van der Waals surface area contributed by atoms with Crippen LogP contribution in [0, 0.1) is 0 Å². The zero-order valence-electron chi connectivity index (χ0n) is 14.0. The Balaban J connectivity index is 1.84. The lowest BCUT2D eigenvalue weighted by Crippen LogP contribution is -1.86. The molecule has 0 saturated carbocycles. The molecule has 0 amide bonds. The maximum atomic E-state index is 5.33. The van der Waals surface area contributed by atoms with E-state index in [0.717, 1.165) is 5.75 Å². The second-order valence-corrected chi connectivity index (χ2v) is 6.08. The predicted octanol–water partition coefficient (Wildman–Crippen LogP) is 6.25. The van der Waals surface area contributed by atoms with Gasteiger partial charge in [-0.3, -0.25) is 0 Å². The van der Waals surface area contributed by atoms with Gasteiger partial charge < -0.3 is 4.74 Å². The molecular weight excluding hydrogens is 280 g/mol. The number of aryl methyl sites for hydroxylation is 1. The molecule has 0 N–H and O–H groups in total. The molecule has 0 aliphatic carbocycles. The first-order valence-corrected chi connectivity index (χ1v) is 8.47. The largest absolute Gasteiger partial charge is 0.497 e. The second-order valence-electron chi connectivity index (χ2n) is 6.08. The average molecular weight is 304 g/mol. The van der Waals surface area contributed by atoms with Crippen molar-refractivity contribution in [2.75, 3.05) is 7.11 Å². The Labute approximate surface area is 138 Å². The molecule has 0 bridgehead atoms. The minimum Gasteiger partial charge on any atom is -0.497 e. The van der Waals surface area contributed by atoms with E-state index in [4.69, 9.17) is 4.74 Å². The summed E-state index contributed by atoms with van der Waals surface area (Å²) in [5.41, 5.74) is 3.96. The Kier molecular flexibility index (Phi) is 4.97. The van der Waals surface area contributed by atoms with Gasteiger partial charge in [-0.15, -0.1) is 0 Å². The average Bonchev–Trinajstić information content (AvgIpc) is 2.61. The van der Waals surface area contributed by atoms with Crippen LogP contribution in [-0.4, -0.2) is 7.11 Å². The molecule has 3 rings (SSSR count). The highest BCUT2D eigenvalue weighted by Gasteiger charge is 2.02. The van der Waals surface area contributed by atoms with Crippen LogP contribution in [-0.2, 0) is 6.42 Å². The molecule has 0 saturated heterocycles. The second kappa shape index (κ2) is 7.32. The third-order valence-electron chi connectivity index (χ3n) is 4.40. The van der Waals surface area contributed by atoms with Crippen LogP contribution in [0.1, 0.15) is 31.7 Å². The summed E-state index contributed by atoms with van der Waals surface area (Å²) >= 11 is 0. The van der Waals surface area contributed by atoms with Crippen LogP contribution in [0.3, 0.4) is 0 Å². The van der Waals surface area contributed by atoms with Gasteiger partial charge in [-0.2, -0.15) is 0 Å². The fourth-order valence-electron chi connectivity index (χ4n) is 2.97. The molecule has 0 spiro atoms. The van der Waals surface area contributed by atoms with Crippen molar-refractivity contribution in [1.29, 1.82) is 0 Å². The summed E-state index contributed by atoms with van der Waals surface area (Å²) in [5, 5.41) is 2.46. The van der Waals surface area contributed by atoms with E-state index in [1.807, 2.05) is 6.07 Å². The fourth-order valence-corrected chi connectivity index (χ4v) is 2.97. The van der Waals surface area contributed by atoms with Crippen molar-refractivity contribution in [1.82, 2.24) is 0 Å². The summed E-state index contributed by atoms with van der Waals surface area (Å²) < 4.78 is 5.33. The van der Waals surface area contributed by atoms with Gasteiger partial charge in [0, 0.05) is 0 Å². The van der Waals surface area contributed by atoms with Gasteiger partial charge in [0.15, 0.2) is 0 Å². The quantitative estimate of drug-likeness (QED) is 0.489. The topological polar surface area (TPSA) is 9.23 Å². The lowest BCUT2D eigenvalue weighted by atomic mass is 9.99. The van der Waals surface area contributed by atoms with E-state index in [9.17, 15) is 0 Å². The summed E-state index contributed by atoms with van der Waals surface area (Å²) in [5.74, 6) is 0.904. The molecule has 1 nitrogen and oxygen atoms in total. The highest BCUT2D eigenvalue weighted by atomic mass is 16.5. The number of fused-ring (bicyclic) bond motifs is 1. The van der Waals surface area contributed by atoms with Crippen molar-refractivity contribution in [2.45, 2.75) is 32.6 Å². The van der Waals surface area contributed by atoms with Crippen LogP contribution in [0.25, 0.3) is 21.9 Å². The number of benzene rings is 3. The van der Waals surface area contributed by atoms with Crippen LogP contribution < -0.4 is 4.74 Å². The Morgan fingerprint density at radius 1 is 0.739 bits per heavy atom. The first kappa shape index (κ1) is 15.6. The van der Waals surface area contributed by atoms with Crippen molar-refractivity contribution in [2.24, 2.45) is 0 Å². The van der Waals surface area contributed by atoms with E-state index >= 15 is 0 Å². The minimum atomic E-state index is 0.904. The molecule has 3 aromatic carbocycles. The number of rotatable bonds is 6. The van der Waals surface area contributed by atoms with Crippen molar-refractivity contribution in [3.8, 4) is 16.9 Å². The molecule has 0 aliphatic heterocycles. The van der Waals surface area contributed by atoms with Gasteiger partial charge >= 0.3 is 0 Å². The Bertz CT molecular complexity index is 772. The van der Waals surface area contributed by atoms with Crippen LogP contribution in [0.2, 0.25) is 0 Å². The predicted molar refractivity (Wildman–Crippen MR) is 99.2 cm³/mol. The van der Waals surface area contributed by atoms with Crippen LogP contribution in [0.15, 0.2) is 60.7 Å². The van der Waals surface area contributed by atoms with Gasteiger partial charge in [-0.25, -0.2) is 0 Å². The molecule has 3 aromatic rings. The SMILES string of the molecule is CCCCCc1ccc(-c2ccc3ccc(OC)cc3c2)cc1. The van der Waals surface area contributed by atoms with Crippen molar-refractivity contribution >= 4 is 10.8 Å². The summed E-state index contributed by atoms with van der Waals surface area (Å²) in [4.78, 5) is 0. The Morgan fingerprint density at radius 2 is 1.48 bits per heavy atom. The van der Waals surface area contributed by atoms with E-state index in [1.165, 1.54) is 53.1 Å². The Morgan fingerprint density at radius 3 is 2.22 bits per heavy atom. The van der Waals surface area contributed by atoms with Gasteiger partial charge in [-0.05, 0) is 58.5 Å². The maximum Gasteiger partial charge on any atom is 0.119 e. The molecule has 0 aromatic heterocycles. The molecule has 1 heteroatoms. The molecule has 0 unspecified atom stereocenters. The molecular formula is C22H24O. The highest BCUT2D eigenvalue weighted by Crippen LogP contribution is 2.27. The summed E-state index contributed by atoms with van der Waals surface area (Å²) in [7, 11) is 1.71. The third-order valence-corrected chi connectivity index (χ3v) is 4.40. The van der Waals surface area contributed by atoms with Crippen molar-refractivity contribution in [3.05, 3.63) is 66.2 Å². The van der Waals surface area contributed by atoms with E-state index in [-0.39, 0.29) is 0 Å². The third kappa shape index (κ3) is 3.73. The lowest BCUT2D eigenvalue weighted by molar-refractivity contribution is 0.415. The molecule has 118 valence electrons. The fraction of sp³-hybridized carbons (Fsp3) is 0.273. The molecule has 0 radical (unpaired) electrons. The first-order chi connectivity index (χ1) is 11.3. The molecule has 0 atom stereocenters. The van der Waals surface area contributed by atoms with E-state index in [1.54, 1.807) is 7.11 Å². The van der Waals surface area contributed by atoms with E-state index < -0.39 is 0 Å². The van der Waals surface area contributed by atoms with Gasteiger partial charge in [0.25, 0.3) is 0 Å². The minimum absolute atomic E-state index is 0.904. The molecule has 0 aliphatic rings. The van der Waals surface area contributed by atoms with Crippen LogP contribution in [0.4, 0.5) is 0 Å². The number of unbranched alkanes of at least 4 members (excludes halogenated alkanes) is 2. The Hall–Kier alpha value is -2.28. The molecule has 0 heterocycles. The number of hydrogen-bond donors (Lipinski definition) is 0. The summed E-state index contributed by atoms with van der Waals surface area (Å²) in [6, 6.07) is 21.8. The summed E-state index contributed by atoms with van der Waals surface area (Å²) in [6.07, 6.45) is 5.06. The number of ether oxygens (including phenoxy) is 1. The maximum absolute atomic E-state index is 5.33. The molecule has 23 heavy (non-hydrogen) atoms. The summed E-state index contributed by atoms with van der Waals surface area (Å²) in [6.45, 7) is 2.25. The highest BCUT2D eigenvalue weighted by molar-refractivity contribution is 5.88. The van der Waals surface area contributed by atoms with Crippen LogP contribution >= 0.6 is 0 Å². The van der Waals surface area contributed by atoms with Gasteiger partial charge in [0.1, 0.15) is 5.75 Å². The van der Waals surface area contributed by atoms with Gasteiger partial charge in [0.05, 0.1) is 7.11 Å². The number of hydrogen-bond acceptors (Lipinski definition) is 1.